The van der Waals surface area contributed by atoms with Crippen LogP contribution in [0.3, 0.4) is 0 Å². The molecule has 1 atom stereocenters. The number of thiazole rings is 1. The first-order valence-electron chi connectivity index (χ1n) is 4.67. The van der Waals surface area contributed by atoms with Crippen molar-refractivity contribution in [3.63, 3.8) is 0 Å². The van der Waals surface area contributed by atoms with Crippen LogP contribution in [0.25, 0.3) is 0 Å². The molecule has 2 heterocycles. The molecule has 4 nitrogen and oxygen atoms in total. The number of hydrogen-bond acceptors (Lipinski definition) is 5. The Hall–Kier alpha value is -0.830. The SMILES string of the molecule is N#Cc1sc(N2CCC(CO)C2)nc1Cl. The van der Waals surface area contributed by atoms with E-state index in [4.69, 9.17) is 22.0 Å². The summed E-state index contributed by atoms with van der Waals surface area (Å²) in [6.07, 6.45) is 0.968. The summed E-state index contributed by atoms with van der Waals surface area (Å²) in [5, 5.41) is 18.8. The zero-order valence-electron chi connectivity index (χ0n) is 7.98. The normalized spacial score (nSPS) is 20.6. The van der Waals surface area contributed by atoms with Crippen LogP contribution in [0.5, 0.6) is 0 Å². The van der Waals surface area contributed by atoms with Gasteiger partial charge in [0.15, 0.2) is 10.3 Å². The molecule has 0 aromatic carbocycles. The number of anilines is 1. The zero-order chi connectivity index (χ0) is 10.8. The predicted molar refractivity (Wildman–Crippen MR) is 59.2 cm³/mol. The summed E-state index contributed by atoms with van der Waals surface area (Å²) in [5.41, 5.74) is 0. The van der Waals surface area contributed by atoms with Crippen LogP contribution in [0, 0.1) is 17.2 Å². The third-order valence-corrected chi connectivity index (χ3v) is 3.90. The van der Waals surface area contributed by atoms with E-state index in [1.54, 1.807) is 0 Å². The fraction of sp³-hybridized carbons (Fsp3) is 0.556. The lowest BCUT2D eigenvalue weighted by Gasteiger charge is -2.13. The van der Waals surface area contributed by atoms with E-state index in [1.165, 1.54) is 11.3 Å². The minimum absolute atomic E-state index is 0.209. The third-order valence-electron chi connectivity index (χ3n) is 2.49. The van der Waals surface area contributed by atoms with Crippen molar-refractivity contribution < 1.29 is 5.11 Å². The van der Waals surface area contributed by atoms with Gasteiger partial charge in [0, 0.05) is 25.6 Å². The van der Waals surface area contributed by atoms with Crippen LogP contribution in [-0.4, -0.2) is 29.8 Å². The number of aliphatic hydroxyl groups is 1. The number of halogens is 1. The van der Waals surface area contributed by atoms with Gasteiger partial charge >= 0.3 is 0 Å². The molecule has 0 radical (unpaired) electrons. The first-order valence-corrected chi connectivity index (χ1v) is 5.86. The lowest BCUT2D eigenvalue weighted by atomic mass is 10.1. The van der Waals surface area contributed by atoms with Crippen LogP contribution in [0.4, 0.5) is 5.13 Å². The maximum atomic E-state index is 9.01. The molecule has 0 amide bonds. The monoisotopic (exact) mass is 243 g/mol. The quantitative estimate of drug-likeness (QED) is 0.855. The molecule has 0 saturated carbocycles. The van der Waals surface area contributed by atoms with Crippen LogP contribution in [0.15, 0.2) is 0 Å². The van der Waals surface area contributed by atoms with Gasteiger partial charge in [0.25, 0.3) is 0 Å². The van der Waals surface area contributed by atoms with Crippen LogP contribution >= 0.6 is 22.9 Å². The Morgan fingerprint density at radius 2 is 2.53 bits per heavy atom. The highest BCUT2D eigenvalue weighted by atomic mass is 35.5. The fourth-order valence-corrected chi connectivity index (χ4v) is 2.73. The molecule has 1 saturated heterocycles. The van der Waals surface area contributed by atoms with E-state index in [-0.39, 0.29) is 11.8 Å². The van der Waals surface area contributed by atoms with E-state index in [1.807, 2.05) is 6.07 Å². The van der Waals surface area contributed by atoms with Crippen molar-refractivity contribution in [3.8, 4) is 6.07 Å². The highest BCUT2D eigenvalue weighted by Crippen LogP contribution is 2.31. The molecule has 1 aliphatic rings. The first-order chi connectivity index (χ1) is 7.24. The second-order valence-electron chi connectivity index (χ2n) is 3.51. The molecule has 1 aromatic heterocycles. The van der Waals surface area contributed by atoms with E-state index in [0.717, 1.165) is 24.6 Å². The Labute approximate surface area is 96.7 Å². The van der Waals surface area contributed by atoms with Crippen molar-refractivity contribution in [2.75, 3.05) is 24.6 Å². The van der Waals surface area contributed by atoms with E-state index in [9.17, 15) is 0 Å². The van der Waals surface area contributed by atoms with Crippen LogP contribution < -0.4 is 4.90 Å². The van der Waals surface area contributed by atoms with Crippen molar-refractivity contribution in [2.45, 2.75) is 6.42 Å². The Morgan fingerprint density at radius 1 is 1.73 bits per heavy atom. The smallest absolute Gasteiger partial charge is 0.188 e. The molecule has 6 heteroatoms. The van der Waals surface area contributed by atoms with Gasteiger partial charge in [-0.1, -0.05) is 22.9 Å². The number of aromatic nitrogens is 1. The second-order valence-corrected chi connectivity index (χ2v) is 4.85. The van der Waals surface area contributed by atoms with Crippen molar-refractivity contribution in [2.24, 2.45) is 5.92 Å². The summed E-state index contributed by atoms with van der Waals surface area (Å²) in [6.45, 7) is 1.88. The standard InChI is InChI=1S/C9H10ClN3OS/c10-8-7(3-11)15-9(12-8)13-2-1-6(4-13)5-14/h6,14H,1-2,4-5H2. The molecule has 80 valence electrons. The third kappa shape index (κ3) is 2.07. The maximum Gasteiger partial charge on any atom is 0.188 e. The molecule has 0 aliphatic carbocycles. The summed E-state index contributed by atoms with van der Waals surface area (Å²) in [6, 6.07) is 2.01. The Bertz CT molecular complexity index is 401. The van der Waals surface area contributed by atoms with Crippen molar-refractivity contribution in [1.82, 2.24) is 4.98 Å². The van der Waals surface area contributed by atoms with E-state index in [0.29, 0.717) is 10.8 Å². The second kappa shape index (κ2) is 4.35. The molecule has 1 aromatic rings. The van der Waals surface area contributed by atoms with Crippen molar-refractivity contribution >= 4 is 28.1 Å². The molecular formula is C9H10ClN3OS. The van der Waals surface area contributed by atoms with E-state index >= 15 is 0 Å². The summed E-state index contributed by atoms with van der Waals surface area (Å²) in [4.78, 5) is 6.66. The average Bonchev–Trinajstić information content (AvgIpc) is 2.83. The number of hydrogen-bond donors (Lipinski definition) is 1. The van der Waals surface area contributed by atoms with Gasteiger partial charge in [-0.05, 0) is 6.42 Å². The molecule has 1 N–H and O–H groups in total. The van der Waals surface area contributed by atoms with Crippen LogP contribution in [-0.2, 0) is 0 Å². The lowest BCUT2D eigenvalue weighted by Crippen LogP contribution is -2.20. The number of nitrogens with zero attached hydrogens (tertiary/aromatic N) is 3. The molecule has 1 fully saturated rings. The van der Waals surface area contributed by atoms with Gasteiger partial charge < -0.3 is 10.0 Å². The van der Waals surface area contributed by atoms with Crippen molar-refractivity contribution in [3.05, 3.63) is 10.0 Å². The highest BCUT2D eigenvalue weighted by molar-refractivity contribution is 7.16. The Kier molecular flexibility index (Phi) is 3.10. The Morgan fingerprint density at radius 3 is 3.07 bits per heavy atom. The minimum Gasteiger partial charge on any atom is -0.396 e. The molecule has 15 heavy (non-hydrogen) atoms. The molecule has 0 bridgehead atoms. The molecular weight excluding hydrogens is 234 g/mol. The topological polar surface area (TPSA) is 60.2 Å². The van der Waals surface area contributed by atoms with Crippen LogP contribution in [0.1, 0.15) is 11.3 Å². The van der Waals surface area contributed by atoms with Crippen LogP contribution in [0.2, 0.25) is 5.15 Å². The minimum atomic E-state index is 0.209. The Balaban J connectivity index is 2.14. The number of rotatable bonds is 2. The van der Waals surface area contributed by atoms with Gasteiger partial charge in [-0.25, -0.2) is 4.98 Å². The lowest BCUT2D eigenvalue weighted by molar-refractivity contribution is 0.238. The predicted octanol–water partition coefficient (Wildman–Crippen LogP) is 1.49. The number of nitriles is 1. The van der Waals surface area contributed by atoms with Gasteiger partial charge in [0.05, 0.1) is 0 Å². The summed E-state index contributed by atoms with van der Waals surface area (Å²) < 4.78 is 0. The van der Waals surface area contributed by atoms with Gasteiger partial charge in [-0.2, -0.15) is 5.26 Å². The fourth-order valence-electron chi connectivity index (χ4n) is 1.65. The zero-order valence-corrected chi connectivity index (χ0v) is 9.55. The maximum absolute atomic E-state index is 9.01. The molecule has 2 rings (SSSR count). The van der Waals surface area contributed by atoms with Gasteiger partial charge in [-0.3, -0.25) is 0 Å². The average molecular weight is 244 g/mol. The van der Waals surface area contributed by atoms with Crippen molar-refractivity contribution in [1.29, 1.82) is 5.26 Å². The van der Waals surface area contributed by atoms with Gasteiger partial charge in [-0.15, -0.1) is 0 Å². The largest absolute Gasteiger partial charge is 0.396 e. The first kappa shape index (κ1) is 10.7. The van der Waals surface area contributed by atoms with E-state index < -0.39 is 0 Å². The highest BCUT2D eigenvalue weighted by Gasteiger charge is 2.24. The van der Waals surface area contributed by atoms with Gasteiger partial charge in [0.1, 0.15) is 10.9 Å². The van der Waals surface area contributed by atoms with Gasteiger partial charge in [0.2, 0.25) is 0 Å². The summed E-state index contributed by atoms with van der Waals surface area (Å²) >= 11 is 7.10. The summed E-state index contributed by atoms with van der Waals surface area (Å²) in [5.74, 6) is 0.318. The summed E-state index contributed by atoms with van der Waals surface area (Å²) in [7, 11) is 0. The molecule has 1 aliphatic heterocycles. The molecule has 1 unspecified atom stereocenters. The number of aliphatic hydroxyl groups excluding tert-OH is 1. The molecule has 0 spiro atoms. The van der Waals surface area contributed by atoms with E-state index in [2.05, 4.69) is 9.88 Å².